The average Bonchev–Trinajstić information content (AvgIpc) is 3.78. The van der Waals surface area contributed by atoms with Crippen LogP contribution in [0, 0.1) is 19.7 Å². The molecule has 3 aromatic carbocycles. The number of piperazine rings is 1. The van der Waals surface area contributed by atoms with E-state index in [4.69, 9.17) is 61.3 Å². The molecule has 4 aliphatic rings. The summed E-state index contributed by atoms with van der Waals surface area (Å²) in [4.78, 5) is 42.0. The quantitative estimate of drug-likeness (QED) is 0.130. The number of benzene rings is 3. The number of pyridine rings is 1. The fourth-order valence-electron chi connectivity index (χ4n) is 8.89. The van der Waals surface area contributed by atoms with Gasteiger partial charge >= 0.3 is 5.97 Å². The maximum Gasteiger partial charge on any atom is 0.345 e. The van der Waals surface area contributed by atoms with Gasteiger partial charge < -0.3 is 43.2 Å². The van der Waals surface area contributed by atoms with Gasteiger partial charge in [-0.25, -0.2) is 34.1 Å². The third kappa shape index (κ3) is 10.9. The molecule has 374 valence electrons. The van der Waals surface area contributed by atoms with Gasteiger partial charge in [0.25, 0.3) is 0 Å². The first-order chi connectivity index (χ1) is 34.9. The Morgan fingerprint density at radius 2 is 1.67 bits per heavy atom. The molecule has 0 saturated carbocycles. The number of carboxylic acid groups (broad SMARTS) is 1. The summed E-state index contributed by atoms with van der Waals surface area (Å²) < 4.78 is 57.7. The van der Waals surface area contributed by atoms with Crippen LogP contribution in [0.3, 0.4) is 0 Å². The third-order valence-corrected chi connectivity index (χ3v) is 14.8. The SMILES string of the molecule is Cc1c(Cl)c2c(Cl)c(C)c1-c1c(-c3ccc(F)cc3)sc3ncnc(c13)O[C@@H](C(=O)O)Cc1cc(ccc1OCc1ccnc(-c3ccc(OC[C@H]4COCCO4)nc3)n1)OC[C@@H](CN1CCN(C)CC1)O2. The van der Waals surface area contributed by atoms with Crippen LogP contribution in [0.4, 0.5) is 4.39 Å². The van der Waals surface area contributed by atoms with Crippen LogP contribution < -0.4 is 23.7 Å². The molecule has 7 aromatic rings. The van der Waals surface area contributed by atoms with Crippen molar-refractivity contribution < 1.29 is 47.4 Å². The Morgan fingerprint density at radius 3 is 2.40 bits per heavy atom. The molecule has 0 amide bonds. The largest absolute Gasteiger partial charge is 0.490 e. The Labute approximate surface area is 428 Å². The van der Waals surface area contributed by atoms with Gasteiger partial charge in [-0.15, -0.1) is 11.3 Å². The molecule has 8 heterocycles. The fourth-order valence-corrected chi connectivity index (χ4v) is 10.5. The highest BCUT2D eigenvalue weighted by atomic mass is 35.5. The van der Waals surface area contributed by atoms with Crippen molar-refractivity contribution in [2.45, 2.75) is 45.2 Å². The number of halogens is 3. The highest BCUT2D eigenvalue weighted by Gasteiger charge is 2.32. The topological polar surface area (TPSA) is 173 Å². The first-order valence-electron chi connectivity index (χ1n) is 23.4. The normalized spacial score (nSPS) is 18.7. The number of ether oxygens (including phenoxy) is 7. The lowest BCUT2D eigenvalue weighted by atomic mass is 9.92. The second-order valence-corrected chi connectivity index (χ2v) is 19.5. The van der Waals surface area contributed by atoms with Crippen LogP contribution in [-0.4, -0.2) is 137 Å². The molecule has 4 aliphatic heterocycles. The minimum absolute atomic E-state index is 0.00867. The molecule has 1 N–H and O–H groups in total. The molecule has 0 aliphatic carbocycles. The number of thiophene rings is 1. The molecular formula is C52H50Cl2FN7O9S. The number of carbonyl (C=O) groups is 1. The summed E-state index contributed by atoms with van der Waals surface area (Å²) in [6, 6.07) is 16.6. The lowest BCUT2D eigenvalue weighted by Gasteiger charge is -2.35. The van der Waals surface area contributed by atoms with Crippen LogP contribution in [0.1, 0.15) is 22.4 Å². The van der Waals surface area contributed by atoms with Gasteiger partial charge in [0.05, 0.1) is 40.9 Å². The highest BCUT2D eigenvalue weighted by Crippen LogP contribution is 2.53. The molecule has 3 atom stereocenters. The van der Waals surface area contributed by atoms with Crippen LogP contribution in [0.25, 0.3) is 43.2 Å². The highest BCUT2D eigenvalue weighted by molar-refractivity contribution is 7.22. The Balaban J connectivity index is 1.01. The van der Waals surface area contributed by atoms with Crippen molar-refractivity contribution in [3.05, 3.63) is 118 Å². The molecule has 0 unspecified atom stereocenters. The van der Waals surface area contributed by atoms with E-state index in [2.05, 4.69) is 36.8 Å². The summed E-state index contributed by atoms with van der Waals surface area (Å²) in [6.45, 7) is 9.66. The van der Waals surface area contributed by atoms with Crippen molar-refractivity contribution in [3.63, 3.8) is 0 Å². The first kappa shape index (κ1) is 49.3. The standard InChI is InChI=1S/C52H50Cl2FN7O9S/c1-29-42-30(2)46(54)47(45(29)53)70-37(23-62-16-14-61(3)15-17-62)26-67-36-9-10-39(68-24-35-12-13-56-49(60-35)32-6-11-41(57-22-32)69-27-38-25-65-18-19-66-38)33(20-36)21-40(52(63)64)71-50-44-43(42)48(72-51(44)59-28-58-50)31-4-7-34(55)8-5-31/h4-13,20,22,28,37-38,40H,14-19,21,23-27H2,1-3H3,(H,63,64)/t37-,38-,40-/m1/s1. The summed E-state index contributed by atoms with van der Waals surface area (Å²) in [6.07, 6.45) is 2.23. The molecule has 0 radical (unpaired) electrons. The molecule has 16 nitrogen and oxygen atoms in total. The van der Waals surface area contributed by atoms with E-state index >= 15 is 0 Å². The molecule has 2 saturated heterocycles. The van der Waals surface area contributed by atoms with Crippen molar-refractivity contribution >= 4 is 50.7 Å². The Bertz CT molecular complexity index is 3050. The summed E-state index contributed by atoms with van der Waals surface area (Å²) in [5, 5.41) is 11.9. The van der Waals surface area contributed by atoms with E-state index in [9.17, 15) is 14.3 Å². The van der Waals surface area contributed by atoms with Crippen LogP contribution in [0.15, 0.2) is 79.4 Å². The minimum atomic E-state index is -1.49. The predicted octanol–water partition coefficient (Wildman–Crippen LogP) is 8.78. The van der Waals surface area contributed by atoms with Crippen molar-refractivity contribution in [3.8, 4) is 62.0 Å². The zero-order valence-electron chi connectivity index (χ0n) is 39.6. The molecule has 4 aromatic heterocycles. The number of aliphatic carboxylic acids is 1. The summed E-state index contributed by atoms with van der Waals surface area (Å²) >= 11 is 16.0. The van der Waals surface area contributed by atoms with Gasteiger partial charge in [-0.3, -0.25) is 4.90 Å². The van der Waals surface area contributed by atoms with E-state index < -0.39 is 24.0 Å². The summed E-state index contributed by atoms with van der Waals surface area (Å²) in [7, 11) is 2.10. The molecule has 20 heteroatoms. The van der Waals surface area contributed by atoms with E-state index in [1.54, 1.807) is 54.9 Å². The van der Waals surface area contributed by atoms with E-state index in [0.717, 1.165) is 26.2 Å². The Morgan fingerprint density at radius 1 is 0.875 bits per heavy atom. The monoisotopic (exact) mass is 1040 g/mol. The fraction of sp³-hybridized carbons (Fsp3) is 0.346. The Kier molecular flexibility index (Phi) is 15.0. The lowest BCUT2D eigenvalue weighted by molar-refractivity contribution is -0.145. The van der Waals surface area contributed by atoms with E-state index in [-0.39, 0.29) is 41.7 Å². The first-order valence-corrected chi connectivity index (χ1v) is 25.0. The predicted molar refractivity (Wildman–Crippen MR) is 269 cm³/mol. The number of aromatic nitrogens is 5. The zero-order chi connectivity index (χ0) is 49.9. The third-order valence-electron chi connectivity index (χ3n) is 12.7. The Hall–Kier alpha value is -6.25. The van der Waals surface area contributed by atoms with Crippen LogP contribution >= 0.6 is 34.5 Å². The minimum Gasteiger partial charge on any atom is -0.490 e. The number of nitrogens with zero attached hydrogens (tertiary/aromatic N) is 7. The van der Waals surface area contributed by atoms with Crippen molar-refractivity contribution in [2.75, 3.05) is 72.8 Å². The van der Waals surface area contributed by atoms with Crippen LogP contribution in [-0.2, 0) is 27.3 Å². The molecule has 11 rings (SSSR count). The van der Waals surface area contributed by atoms with Gasteiger partial charge in [-0.05, 0) is 85.6 Å². The van der Waals surface area contributed by atoms with Crippen LogP contribution in [0.5, 0.6) is 29.0 Å². The number of hydrogen-bond acceptors (Lipinski definition) is 16. The second-order valence-electron chi connectivity index (χ2n) is 17.8. The molecular weight excluding hydrogens is 989 g/mol. The van der Waals surface area contributed by atoms with Crippen molar-refractivity contribution in [2.24, 2.45) is 0 Å². The van der Waals surface area contributed by atoms with E-state index in [0.29, 0.717) is 122 Å². The van der Waals surface area contributed by atoms with Gasteiger partial charge in [-0.1, -0.05) is 35.3 Å². The van der Waals surface area contributed by atoms with E-state index in [1.165, 1.54) is 29.8 Å². The van der Waals surface area contributed by atoms with Gasteiger partial charge in [0.15, 0.2) is 11.6 Å². The lowest BCUT2D eigenvalue weighted by Crippen LogP contribution is -2.49. The van der Waals surface area contributed by atoms with Crippen LogP contribution in [0.2, 0.25) is 10.0 Å². The molecule has 72 heavy (non-hydrogen) atoms. The van der Waals surface area contributed by atoms with Gasteiger partial charge in [0, 0.05) is 79.2 Å². The molecule has 0 spiro atoms. The number of likely N-dealkylation sites (N-methyl/N-ethyl adjacent to an activating group) is 1. The van der Waals surface area contributed by atoms with Crippen molar-refractivity contribution in [1.29, 1.82) is 0 Å². The molecule has 2 fully saturated rings. The van der Waals surface area contributed by atoms with Crippen molar-refractivity contribution in [1.82, 2.24) is 34.7 Å². The average molecular weight is 1040 g/mol. The maximum atomic E-state index is 14.4. The van der Waals surface area contributed by atoms with E-state index in [1.807, 2.05) is 19.9 Å². The number of fused-ring (bicyclic) bond motifs is 7. The maximum absolute atomic E-state index is 14.4. The van der Waals surface area contributed by atoms with Gasteiger partial charge in [0.2, 0.25) is 17.9 Å². The number of rotatable bonds is 11. The number of hydrogen-bond donors (Lipinski definition) is 1. The number of carboxylic acids is 1. The zero-order valence-corrected chi connectivity index (χ0v) is 41.9. The van der Waals surface area contributed by atoms with Gasteiger partial charge in [-0.2, -0.15) is 0 Å². The summed E-state index contributed by atoms with van der Waals surface area (Å²) in [5.41, 5.74) is 4.93. The van der Waals surface area contributed by atoms with Gasteiger partial charge in [0.1, 0.15) is 60.5 Å². The second kappa shape index (κ2) is 21.8. The molecule has 4 bridgehead atoms. The smallest absolute Gasteiger partial charge is 0.345 e. The summed E-state index contributed by atoms with van der Waals surface area (Å²) in [5.74, 6) is 0.337.